The van der Waals surface area contributed by atoms with Crippen molar-refractivity contribution in [3.05, 3.63) is 0 Å². The predicted molar refractivity (Wildman–Crippen MR) is 49.1 cm³/mol. The molecule has 0 aliphatic heterocycles. The first-order valence-electron chi connectivity index (χ1n) is 4.34. The van der Waals surface area contributed by atoms with Crippen LogP contribution in [0.5, 0.6) is 0 Å². The van der Waals surface area contributed by atoms with Crippen LogP contribution in [0.15, 0.2) is 0 Å². The highest BCUT2D eigenvalue weighted by molar-refractivity contribution is 5.72. The van der Waals surface area contributed by atoms with Crippen LogP contribution in [0.4, 0.5) is 0 Å². The fourth-order valence-corrected chi connectivity index (χ4v) is 1.04. The summed E-state index contributed by atoms with van der Waals surface area (Å²) in [6.07, 6.45) is 0.562. The fourth-order valence-electron chi connectivity index (χ4n) is 1.04. The standard InChI is InChI=1S/C9H13N3O2/c1-8(9(13)14)12(6-2-4-10)7-3-5-11/h8H,2-3,6-7H2,1H3,(H,13,14)/t8-/m1/s1. The lowest BCUT2D eigenvalue weighted by Crippen LogP contribution is -2.40. The Labute approximate surface area is 83.2 Å². The summed E-state index contributed by atoms with van der Waals surface area (Å²) in [5.41, 5.74) is 0. The van der Waals surface area contributed by atoms with Gasteiger partial charge in [0.15, 0.2) is 0 Å². The SMILES string of the molecule is C[C@H](C(=O)O)N(CCC#N)CCC#N. The molecule has 14 heavy (non-hydrogen) atoms. The lowest BCUT2D eigenvalue weighted by molar-refractivity contribution is -0.142. The number of hydrogen-bond donors (Lipinski definition) is 1. The Morgan fingerprint density at radius 2 is 1.79 bits per heavy atom. The number of carbonyl (C=O) groups is 1. The molecule has 76 valence electrons. The van der Waals surface area contributed by atoms with Crippen LogP contribution in [0.3, 0.4) is 0 Å². The summed E-state index contributed by atoms with van der Waals surface area (Å²) in [5, 5.41) is 25.5. The van der Waals surface area contributed by atoms with Crippen molar-refractivity contribution >= 4 is 5.97 Å². The minimum absolute atomic E-state index is 0.281. The van der Waals surface area contributed by atoms with E-state index in [4.69, 9.17) is 15.6 Å². The quantitative estimate of drug-likeness (QED) is 0.670. The molecule has 0 aliphatic rings. The maximum absolute atomic E-state index is 10.7. The number of nitrogens with zero attached hydrogens (tertiary/aromatic N) is 3. The zero-order chi connectivity index (χ0) is 11.0. The molecule has 0 heterocycles. The van der Waals surface area contributed by atoms with Crippen LogP contribution >= 0.6 is 0 Å². The average molecular weight is 195 g/mol. The van der Waals surface area contributed by atoms with E-state index >= 15 is 0 Å². The van der Waals surface area contributed by atoms with Crippen molar-refractivity contribution in [3.8, 4) is 12.1 Å². The molecule has 0 spiro atoms. The van der Waals surface area contributed by atoms with Crippen molar-refractivity contribution < 1.29 is 9.90 Å². The third-order valence-electron chi connectivity index (χ3n) is 1.93. The van der Waals surface area contributed by atoms with E-state index < -0.39 is 12.0 Å². The molecule has 0 amide bonds. The molecule has 0 saturated heterocycles. The molecule has 0 rings (SSSR count). The second-order valence-electron chi connectivity index (χ2n) is 2.87. The van der Waals surface area contributed by atoms with Gasteiger partial charge in [-0.3, -0.25) is 9.69 Å². The van der Waals surface area contributed by atoms with E-state index in [1.165, 1.54) is 0 Å². The highest BCUT2D eigenvalue weighted by atomic mass is 16.4. The van der Waals surface area contributed by atoms with Gasteiger partial charge in [0.05, 0.1) is 12.1 Å². The van der Waals surface area contributed by atoms with Crippen LogP contribution in [0.25, 0.3) is 0 Å². The number of carboxylic acid groups (broad SMARTS) is 1. The van der Waals surface area contributed by atoms with E-state index in [0.717, 1.165) is 0 Å². The van der Waals surface area contributed by atoms with Gasteiger partial charge in [-0.05, 0) is 6.92 Å². The minimum atomic E-state index is -0.930. The van der Waals surface area contributed by atoms with E-state index in [1.54, 1.807) is 11.8 Å². The summed E-state index contributed by atoms with van der Waals surface area (Å²) in [7, 11) is 0. The number of hydrogen-bond acceptors (Lipinski definition) is 4. The highest BCUT2D eigenvalue weighted by Gasteiger charge is 2.19. The van der Waals surface area contributed by atoms with E-state index in [0.29, 0.717) is 13.1 Å². The number of aliphatic carboxylic acids is 1. The van der Waals surface area contributed by atoms with Crippen molar-refractivity contribution in [2.45, 2.75) is 25.8 Å². The van der Waals surface area contributed by atoms with Crippen LogP contribution in [-0.2, 0) is 4.79 Å². The minimum Gasteiger partial charge on any atom is -0.480 e. The van der Waals surface area contributed by atoms with Crippen molar-refractivity contribution in [2.24, 2.45) is 0 Å². The van der Waals surface area contributed by atoms with Gasteiger partial charge in [-0.15, -0.1) is 0 Å². The van der Waals surface area contributed by atoms with E-state index in [9.17, 15) is 4.79 Å². The van der Waals surface area contributed by atoms with Crippen molar-refractivity contribution in [1.29, 1.82) is 10.5 Å². The molecule has 1 N–H and O–H groups in total. The van der Waals surface area contributed by atoms with Gasteiger partial charge in [0.25, 0.3) is 0 Å². The maximum Gasteiger partial charge on any atom is 0.320 e. The van der Waals surface area contributed by atoms with Crippen LogP contribution in [0.1, 0.15) is 19.8 Å². The molecule has 0 aromatic rings. The summed E-state index contributed by atoms with van der Waals surface area (Å²) < 4.78 is 0. The van der Waals surface area contributed by atoms with Gasteiger partial charge in [0.1, 0.15) is 6.04 Å². The molecule has 0 radical (unpaired) electrons. The Morgan fingerprint density at radius 1 is 1.36 bits per heavy atom. The van der Waals surface area contributed by atoms with Gasteiger partial charge < -0.3 is 5.11 Å². The molecule has 0 aromatic heterocycles. The second-order valence-corrected chi connectivity index (χ2v) is 2.87. The monoisotopic (exact) mass is 195 g/mol. The van der Waals surface area contributed by atoms with Crippen LogP contribution < -0.4 is 0 Å². The summed E-state index contributed by atoms with van der Waals surface area (Å²) in [6, 6.07) is 3.26. The van der Waals surface area contributed by atoms with Crippen molar-refractivity contribution in [2.75, 3.05) is 13.1 Å². The Kier molecular flexibility index (Phi) is 6.09. The van der Waals surface area contributed by atoms with E-state index in [1.807, 2.05) is 12.1 Å². The molecular formula is C9H13N3O2. The first kappa shape index (κ1) is 12.4. The zero-order valence-corrected chi connectivity index (χ0v) is 8.10. The molecule has 0 aliphatic carbocycles. The number of rotatable bonds is 6. The summed E-state index contributed by atoms with van der Waals surface area (Å²) in [5.74, 6) is -0.930. The largest absolute Gasteiger partial charge is 0.480 e. The molecule has 0 bridgehead atoms. The molecule has 1 atom stereocenters. The average Bonchev–Trinajstić information content (AvgIpc) is 2.17. The summed E-state index contributed by atoms with van der Waals surface area (Å²) >= 11 is 0. The molecule has 0 unspecified atom stereocenters. The predicted octanol–water partition coefficient (Wildman–Crippen LogP) is 0.589. The third-order valence-corrected chi connectivity index (χ3v) is 1.93. The van der Waals surface area contributed by atoms with Gasteiger partial charge in [-0.1, -0.05) is 0 Å². The lowest BCUT2D eigenvalue weighted by Gasteiger charge is -2.23. The maximum atomic E-state index is 10.7. The fraction of sp³-hybridized carbons (Fsp3) is 0.667. The molecule has 0 fully saturated rings. The van der Waals surface area contributed by atoms with Gasteiger partial charge in [0.2, 0.25) is 0 Å². The normalized spacial score (nSPS) is 11.7. The van der Waals surface area contributed by atoms with Crippen molar-refractivity contribution in [1.82, 2.24) is 4.90 Å². The Bertz CT molecular complexity index is 246. The highest BCUT2D eigenvalue weighted by Crippen LogP contribution is 2.01. The molecule has 5 nitrogen and oxygen atoms in total. The van der Waals surface area contributed by atoms with Gasteiger partial charge in [0, 0.05) is 25.9 Å². The summed E-state index contributed by atoms with van der Waals surface area (Å²) in [4.78, 5) is 12.3. The smallest absolute Gasteiger partial charge is 0.320 e. The molecule has 5 heteroatoms. The zero-order valence-electron chi connectivity index (χ0n) is 8.10. The van der Waals surface area contributed by atoms with Gasteiger partial charge in [-0.25, -0.2) is 0 Å². The van der Waals surface area contributed by atoms with Gasteiger partial charge >= 0.3 is 5.97 Å². The van der Waals surface area contributed by atoms with E-state index in [2.05, 4.69) is 0 Å². The van der Waals surface area contributed by atoms with Crippen LogP contribution in [-0.4, -0.2) is 35.1 Å². The second kappa shape index (κ2) is 6.88. The summed E-state index contributed by atoms with van der Waals surface area (Å²) in [6.45, 7) is 2.34. The lowest BCUT2D eigenvalue weighted by atomic mass is 10.2. The molecular weight excluding hydrogens is 182 g/mol. The first-order valence-corrected chi connectivity index (χ1v) is 4.34. The number of nitriles is 2. The van der Waals surface area contributed by atoms with Gasteiger partial charge in [-0.2, -0.15) is 10.5 Å². The molecule has 0 saturated carbocycles. The topological polar surface area (TPSA) is 88.1 Å². The molecule has 0 aromatic carbocycles. The Balaban J connectivity index is 4.17. The van der Waals surface area contributed by atoms with Crippen molar-refractivity contribution in [3.63, 3.8) is 0 Å². The van der Waals surface area contributed by atoms with Crippen LogP contribution in [0, 0.1) is 22.7 Å². The Morgan fingerprint density at radius 3 is 2.07 bits per heavy atom. The third kappa shape index (κ3) is 4.44. The van der Waals surface area contributed by atoms with Crippen LogP contribution in [0.2, 0.25) is 0 Å². The Hall–Kier alpha value is -1.59. The number of carboxylic acids is 1. The van der Waals surface area contributed by atoms with E-state index in [-0.39, 0.29) is 12.8 Å². The first-order chi connectivity index (χ1) is 6.63.